The Hall–Kier alpha value is -2.37. The zero-order valence-electron chi connectivity index (χ0n) is 18.7. The van der Waals surface area contributed by atoms with Gasteiger partial charge in [0.25, 0.3) is 0 Å². The molecule has 0 saturated carbocycles. The number of amides is 1. The van der Waals surface area contributed by atoms with Crippen LogP contribution in [-0.4, -0.2) is 42.7 Å². The van der Waals surface area contributed by atoms with Gasteiger partial charge in [-0.05, 0) is 42.5 Å². The van der Waals surface area contributed by atoms with E-state index in [4.69, 9.17) is 9.47 Å². The minimum Gasteiger partial charge on any atom is -0.497 e. The standard InChI is InChI=1S/C25H35NO4/c1-18(16-30-17-21-11-13-23(29-5)14-12-21)15-19(2)25(28)26(4)20(3)24(27)22-9-7-6-8-10-22/h6-14,18-20,24,27H,15-17H2,1-5H3/t18-,19+,20-,24+/m1/s1. The molecule has 2 aromatic rings. The summed E-state index contributed by atoms with van der Waals surface area (Å²) in [6, 6.07) is 17.0. The van der Waals surface area contributed by atoms with Crippen molar-refractivity contribution in [1.29, 1.82) is 0 Å². The maximum absolute atomic E-state index is 12.9. The summed E-state index contributed by atoms with van der Waals surface area (Å²) in [6.07, 6.45) is 0.0255. The number of carbonyl (C=O) groups excluding carboxylic acids is 1. The molecule has 0 aliphatic rings. The highest BCUT2D eigenvalue weighted by Crippen LogP contribution is 2.23. The van der Waals surface area contributed by atoms with Gasteiger partial charge in [0, 0.05) is 19.6 Å². The topological polar surface area (TPSA) is 59.0 Å². The predicted molar refractivity (Wildman–Crippen MR) is 119 cm³/mol. The van der Waals surface area contributed by atoms with Crippen LogP contribution in [0.15, 0.2) is 54.6 Å². The van der Waals surface area contributed by atoms with Crippen molar-refractivity contribution < 1.29 is 19.4 Å². The van der Waals surface area contributed by atoms with Crippen LogP contribution in [0, 0.1) is 11.8 Å². The van der Waals surface area contributed by atoms with E-state index in [1.54, 1.807) is 19.1 Å². The van der Waals surface area contributed by atoms with Crippen molar-refractivity contribution in [2.24, 2.45) is 11.8 Å². The Bertz CT molecular complexity index is 762. The molecule has 0 aromatic heterocycles. The number of ether oxygens (including phenoxy) is 2. The third-order valence-corrected chi connectivity index (χ3v) is 5.56. The van der Waals surface area contributed by atoms with Crippen LogP contribution >= 0.6 is 0 Å². The molecule has 2 rings (SSSR count). The molecule has 0 bridgehead atoms. The van der Waals surface area contributed by atoms with E-state index >= 15 is 0 Å². The average molecular weight is 414 g/mol. The number of hydrogen-bond donors (Lipinski definition) is 1. The van der Waals surface area contributed by atoms with Gasteiger partial charge in [0.05, 0.1) is 25.9 Å². The number of carbonyl (C=O) groups is 1. The van der Waals surface area contributed by atoms with Crippen LogP contribution in [0.4, 0.5) is 0 Å². The normalized spacial score (nSPS) is 15.1. The van der Waals surface area contributed by atoms with Crippen LogP contribution in [-0.2, 0) is 16.1 Å². The number of aliphatic hydroxyl groups excluding tert-OH is 1. The fourth-order valence-corrected chi connectivity index (χ4v) is 3.56. The Labute approximate surface area is 180 Å². The third kappa shape index (κ3) is 6.85. The first-order valence-electron chi connectivity index (χ1n) is 10.5. The van der Waals surface area contributed by atoms with Crippen molar-refractivity contribution >= 4 is 5.91 Å². The Morgan fingerprint density at radius 3 is 2.27 bits per heavy atom. The molecule has 2 aromatic carbocycles. The molecule has 30 heavy (non-hydrogen) atoms. The minimum absolute atomic E-state index is 0.0412. The third-order valence-electron chi connectivity index (χ3n) is 5.56. The Morgan fingerprint density at radius 2 is 1.67 bits per heavy atom. The molecule has 164 valence electrons. The molecule has 0 radical (unpaired) electrons. The first kappa shape index (κ1) is 23.9. The van der Waals surface area contributed by atoms with E-state index in [1.165, 1.54) is 0 Å². The molecule has 1 N–H and O–H groups in total. The maximum atomic E-state index is 12.9. The van der Waals surface area contributed by atoms with Crippen molar-refractivity contribution in [1.82, 2.24) is 4.90 Å². The van der Waals surface area contributed by atoms with Crippen molar-refractivity contribution in [3.05, 3.63) is 65.7 Å². The lowest BCUT2D eigenvalue weighted by molar-refractivity contribution is -0.138. The monoisotopic (exact) mass is 413 g/mol. The highest BCUT2D eigenvalue weighted by atomic mass is 16.5. The van der Waals surface area contributed by atoms with E-state index in [1.807, 2.05) is 68.4 Å². The highest BCUT2D eigenvalue weighted by Gasteiger charge is 2.27. The van der Waals surface area contributed by atoms with E-state index in [0.717, 1.165) is 23.3 Å². The van der Waals surface area contributed by atoms with Gasteiger partial charge >= 0.3 is 0 Å². The molecular formula is C25H35NO4. The summed E-state index contributed by atoms with van der Waals surface area (Å²) in [4.78, 5) is 14.5. The van der Waals surface area contributed by atoms with Crippen LogP contribution < -0.4 is 4.74 Å². The zero-order chi connectivity index (χ0) is 22.1. The van der Waals surface area contributed by atoms with E-state index < -0.39 is 6.10 Å². The number of rotatable bonds is 11. The lowest BCUT2D eigenvalue weighted by Crippen LogP contribution is -2.42. The molecule has 1 amide bonds. The second-order valence-corrected chi connectivity index (χ2v) is 8.15. The quantitative estimate of drug-likeness (QED) is 0.591. The first-order valence-corrected chi connectivity index (χ1v) is 10.5. The Balaban J connectivity index is 1.78. The Kier molecular flexibility index (Phi) is 9.34. The van der Waals surface area contributed by atoms with Crippen molar-refractivity contribution in [3.8, 4) is 5.75 Å². The average Bonchev–Trinajstić information content (AvgIpc) is 2.78. The van der Waals surface area contributed by atoms with Gasteiger partial charge in [0.15, 0.2) is 0 Å². The van der Waals surface area contributed by atoms with Gasteiger partial charge in [-0.25, -0.2) is 0 Å². The largest absolute Gasteiger partial charge is 0.497 e. The van der Waals surface area contributed by atoms with Gasteiger partial charge in [0.2, 0.25) is 5.91 Å². The van der Waals surface area contributed by atoms with Crippen molar-refractivity contribution in [2.75, 3.05) is 20.8 Å². The molecular weight excluding hydrogens is 378 g/mol. The molecule has 0 aliphatic carbocycles. The van der Waals surface area contributed by atoms with E-state index in [0.29, 0.717) is 13.2 Å². The fraction of sp³-hybridized carbons (Fsp3) is 0.480. The molecule has 0 saturated heterocycles. The molecule has 0 unspecified atom stereocenters. The summed E-state index contributed by atoms with van der Waals surface area (Å²) in [5, 5.41) is 10.6. The fourth-order valence-electron chi connectivity index (χ4n) is 3.56. The van der Waals surface area contributed by atoms with E-state index in [2.05, 4.69) is 6.92 Å². The molecule has 5 nitrogen and oxygen atoms in total. The van der Waals surface area contributed by atoms with Crippen LogP contribution in [0.2, 0.25) is 0 Å². The van der Waals surface area contributed by atoms with E-state index in [-0.39, 0.29) is 23.8 Å². The molecule has 0 heterocycles. The maximum Gasteiger partial charge on any atom is 0.225 e. The minimum atomic E-state index is -0.711. The van der Waals surface area contributed by atoms with Crippen molar-refractivity contribution in [3.63, 3.8) is 0 Å². The zero-order valence-corrected chi connectivity index (χ0v) is 18.7. The summed E-state index contributed by atoms with van der Waals surface area (Å²) in [6.45, 7) is 7.05. The lowest BCUT2D eigenvalue weighted by Gasteiger charge is -2.32. The number of likely N-dealkylation sites (N-methyl/N-ethyl adjacent to an activating group) is 1. The molecule has 5 heteroatoms. The molecule has 4 atom stereocenters. The lowest BCUT2D eigenvalue weighted by atomic mass is 9.95. The van der Waals surface area contributed by atoms with Crippen LogP contribution in [0.1, 0.15) is 44.4 Å². The number of hydrogen-bond acceptors (Lipinski definition) is 4. The molecule has 0 aliphatic heterocycles. The van der Waals surface area contributed by atoms with Gasteiger partial charge in [-0.2, -0.15) is 0 Å². The molecule has 0 spiro atoms. The SMILES string of the molecule is COc1ccc(COC[C@H](C)C[C@H](C)C(=O)N(C)[C@H](C)[C@H](O)c2ccccc2)cc1. The van der Waals surface area contributed by atoms with Gasteiger partial charge in [-0.3, -0.25) is 4.79 Å². The van der Waals surface area contributed by atoms with Gasteiger partial charge < -0.3 is 19.5 Å². The summed E-state index contributed by atoms with van der Waals surface area (Å²) in [5.74, 6) is 0.986. The van der Waals surface area contributed by atoms with Crippen LogP contribution in [0.3, 0.4) is 0 Å². The predicted octanol–water partition coefficient (Wildman–Crippen LogP) is 4.45. The van der Waals surface area contributed by atoms with Crippen LogP contribution in [0.25, 0.3) is 0 Å². The number of nitrogens with zero attached hydrogens (tertiary/aromatic N) is 1. The van der Waals surface area contributed by atoms with Gasteiger partial charge in [-0.15, -0.1) is 0 Å². The smallest absolute Gasteiger partial charge is 0.225 e. The summed E-state index contributed by atoms with van der Waals surface area (Å²) in [5.41, 5.74) is 1.91. The Morgan fingerprint density at radius 1 is 1.03 bits per heavy atom. The number of benzene rings is 2. The van der Waals surface area contributed by atoms with Crippen LogP contribution in [0.5, 0.6) is 5.75 Å². The first-order chi connectivity index (χ1) is 14.3. The van der Waals surface area contributed by atoms with Gasteiger partial charge in [0.1, 0.15) is 5.75 Å². The second-order valence-electron chi connectivity index (χ2n) is 8.15. The number of methoxy groups -OCH3 is 1. The van der Waals surface area contributed by atoms with E-state index in [9.17, 15) is 9.90 Å². The van der Waals surface area contributed by atoms with Gasteiger partial charge in [-0.1, -0.05) is 56.3 Å². The summed E-state index contributed by atoms with van der Waals surface area (Å²) >= 11 is 0. The highest BCUT2D eigenvalue weighted by molar-refractivity contribution is 5.78. The van der Waals surface area contributed by atoms with Crippen molar-refractivity contribution in [2.45, 2.75) is 45.9 Å². The summed E-state index contributed by atoms with van der Waals surface area (Å²) < 4.78 is 11.0. The second kappa shape index (κ2) is 11.7. The molecule has 0 fully saturated rings. The summed E-state index contributed by atoms with van der Waals surface area (Å²) in [7, 11) is 3.41. The number of aliphatic hydroxyl groups is 1.